The third-order valence-electron chi connectivity index (χ3n) is 3.37. The normalized spacial score (nSPS) is 14.9. The first kappa shape index (κ1) is 17.7. The number of nitrogens with one attached hydrogen (secondary N) is 1. The van der Waals surface area contributed by atoms with E-state index in [9.17, 15) is 13.2 Å². The van der Waals surface area contributed by atoms with Gasteiger partial charge in [-0.15, -0.1) is 24.5 Å². The summed E-state index contributed by atoms with van der Waals surface area (Å²) in [4.78, 5) is 4.60. The zero-order valence-electron chi connectivity index (χ0n) is 15.4. The molecule has 0 radical (unpaired) electrons. The molecular formula is C16H14BrClF3N3O2S. The minimum Gasteiger partial charge on any atom is -0.456 e. The molecule has 0 aliphatic heterocycles. The quantitative estimate of drug-likeness (QED) is 0.442. The smallest absolute Gasteiger partial charge is 0.456 e. The highest BCUT2D eigenvalue weighted by atomic mass is 79.9. The molecule has 0 spiro atoms. The van der Waals surface area contributed by atoms with Crippen molar-refractivity contribution in [2.75, 3.05) is 11.9 Å². The minimum absolute atomic E-state index is 0.0676. The van der Waals surface area contributed by atoms with E-state index in [-0.39, 0.29) is 28.6 Å². The minimum atomic E-state index is -4.78. The number of hydrogen-bond acceptors (Lipinski definition) is 6. The highest BCUT2D eigenvalue weighted by Gasteiger charge is 2.30. The third-order valence-corrected chi connectivity index (χ3v) is 5.17. The van der Waals surface area contributed by atoms with Crippen LogP contribution in [0.4, 0.5) is 18.9 Å². The lowest BCUT2D eigenvalue weighted by Crippen LogP contribution is -2.32. The maximum atomic E-state index is 12.2. The summed E-state index contributed by atoms with van der Waals surface area (Å²) in [5.74, 6) is 0.243. The number of ether oxygens (including phenoxy) is 1. The Balaban J connectivity index is 1.90. The number of thiophene rings is 1. The summed E-state index contributed by atoms with van der Waals surface area (Å²) in [7, 11) is 0. The second-order valence-electron chi connectivity index (χ2n) is 5.46. The molecule has 0 fully saturated rings. The van der Waals surface area contributed by atoms with Crippen LogP contribution in [-0.4, -0.2) is 24.0 Å². The van der Waals surface area contributed by atoms with Crippen LogP contribution >= 0.6 is 38.9 Å². The summed E-state index contributed by atoms with van der Waals surface area (Å²) in [5.41, 5.74) is 6.44. The fourth-order valence-corrected chi connectivity index (χ4v) is 3.53. The van der Waals surface area contributed by atoms with Gasteiger partial charge < -0.3 is 15.5 Å². The fourth-order valence-electron chi connectivity index (χ4n) is 2.26. The van der Waals surface area contributed by atoms with Crippen LogP contribution in [0.15, 0.2) is 32.5 Å². The highest BCUT2D eigenvalue weighted by molar-refractivity contribution is 9.10. The predicted molar refractivity (Wildman–Crippen MR) is 102 cm³/mol. The molecule has 0 saturated heterocycles. The summed E-state index contributed by atoms with van der Waals surface area (Å²) in [6.45, 7) is -2.66. The molecule has 3 aromatic rings. The highest BCUT2D eigenvalue weighted by Crippen LogP contribution is 2.36. The molecule has 0 aliphatic rings. The van der Waals surface area contributed by atoms with Crippen LogP contribution in [0.2, 0.25) is 5.15 Å². The van der Waals surface area contributed by atoms with E-state index in [2.05, 4.69) is 31.0 Å². The Bertz CT molecular complexity index is 1000. The summed E-state index contributed by atoms with van der Waals surface area (Å²) in [5, 5.41) is 4.57. The summed E-state index contributed by atoms with van der Waals surface area (Å²) in [6, 6.07) is 3.78. The van der Waals surface area contributed by atoms with Gasteiger partial charge in [-0.3, -0.25) is 4.74 Å². The molecule has 3 aromatic heterocycles. The van der Waals surface area contributed by atoms with Crippen LogP contribution < -0.4 is 11.1 Å². The average molecular weight is 487 g/mol. The SMILES string of the molecule is [2H]C([2H])(Nc1cc(Cl)nc2c(Br)c(C[C@@H](N)COC(F)(F)F)oc12)c1cccs1. The van der Waals surface area contributed by atoms with Gasteiger partial charge in [0.1, 0.15) is 16.4 Å². The third kappa shape index (κ3) is 5.35. The molecule has 27 heavy (non-hydrogen) atoms. The Morgan fingerprint density at radius 1 is 1.52 bits per heavy atom. The fraction of sp³-hybridized carbons (Fsp3) is 0.312. The number of aromatic nitrogens is 1. The van der Waals surface area contributed by atoms with E-state index in [0.29, 0.717) is 14.9 Å². The van der Waals surface area contributed by atoms with Crippen LogP contribution in [0.5, 0.6) is 0 Å². The molecule has 3 rings (SSSR count). The number of nitrogens with two attached hydrogens (primary N) is 1. The Labute approximate surface area is 172 Å². The summed E-state index contributed by atoms with van der Waals surface area (Å²) < 4.78 is 63.0. The van der Waals surface area contributed by atoms with Crippen molar-refractivity contribution >= 4 is 55.7 Å². The van der Waals surface area contributed by atoms with Gasteiger partial charge in [0, 0.05) is 29.9 Å². The molecule has 146 valence electrons. The predicted octanol–water partition coefficient (Wildman–Crippen LogP) is 5.32. The lowest BCUT2D eigenvalue weighted by Gasteiger charge is -2.12. The Hall–Kier alpha value is -1.33. The number of pyridine rings is 1. The Morgan fingerprint density at radius 2 is 2.30 bits per heavy atom. The number of hydrogen-bond donors (Lipinski definition) is 2. The van der Waals surface area contributed by atoms with Gasteiger partial charge in [0.05, 0.1) is 19.5 Å². The first-order valence-corrected chi connectivity index (χ1v) is 9.57. The van der Waals surface area contributed by atoms with E-state index < -0.39 is 25.5 Å². The van der Waals surface area contributed by atoms with E-state index in [0.717, 1.165) is 0 Å². The van der Waals surface area contributed by atoms with Gasteiger partial charge in [-0.25, -0.2) is 4.98 Å². The summed E-state index contributed by atoms with van der Waals surface area (Å²) >= 11 is 10.6. The van der Waals surface area contributed by atoms with Gasteiger partial charge in [-0.1, -0.05) is 17.7 Å². The largest absolute Gasteiger partial charge is 0.522 e. The number of anilines is 1. The van der Waals surface area contributed by atoms with Gasteiger partial charge in [0.25, 0.3) is 0 Å². The molecule has 11 heteroatoms. The molecular weight excluding hydrogens is 471 g/mol. The van der Waals surface area contributed by atoms with Crippen LogP contribution in [-0.2, 0) is 17.7 Å². The molecule has 0 unspecified atom stereocenters. The molecule has 0 saturated carbocycles. The van der Waals surface area contributed by atoms with Crippen LogP contribution in [0, 0.1) is 0 Å². The van der Waals surface area contributed by atoms with Gasteiger partial charge in [0.15, 0.2) is 5.58 Å². The standard InChI is InChI=1S/C16H14BrClF3N3O2S/c17-13-11(4-8(22)7-25-16(19,20)21)26-15-10(5-12(18)24-14(13)15)23-6-9-2-1-3-27-9/h1-3,5,8H,4,6-7,22H2,(H,23,24)/t8-/m1/s1/i6D2. The van der Waals surface area contributed by atoms with Crippen LogP contribution in [0.25, 0.3) is 11.1 Å². The van der Waals surface area contributed by atoms with E-state index in [4.69, 9.17) is 24.5 Å². The number of furan rings is 1. The molecule has 3 heterocycles. The van der Waals surface area contributed by atoms with Gasteiger partial charge in [-0.2, -0.15) is 0 Å². The number of alkyl halides is 3. The first-order chi connectivity index (χ1) is 13.5. The van der Waals surface area contributed by atoms with Crippen molar-refractivity contribution in [1.29, 1.82) is 0 Å². The van der Waals surface area contributed by atoms with E-state index in [1.54, 1.807) is 17.5 Å². The molecule has 1 atom stereocenters. The van der Waals surface area contributed by atoms with Crippen molar-refractivity contribution in [3.05, 3.63) is 43.8 Å². The number of fused-ring (bicyclic) bond motifs is 1. The Kier molecular flexibility index (Phi) is 5.49. The van der Waals surface area contributed by atoms with Crippen molar-refractivity contribution in [3.8, 4) is 0 Å². The van der Waals surface area contributed by atoms with Crippen LogP contribution in [0.3, 0.4) is 0 Å². The molecule has 0 aromatic carbocycles. The molecule has 5 nitrogen and oxygen atoms in total. The number of nitrogens with zero attached hydrogens (tertiary/aromatic N) is 1. The zero-order valence-corrected chi connectivity index (χ0v) is 16.6. The first-order valence-electron chi connectivity index (χ1n) is 8.52. The molecule has 0 bridgehead atoms. The maximum absolute atomic E-state index is 12.2. The van der Waals surface area contributed by atoms with Crippen molar-refractivity contribution < 1.29 is 25.1 Å². The average Bonchev–Trinajstić information content (AvgIpc) is 3.23. The van der Waals surface area contributed by atoms with Gasteiger partial charge in [-0.05, 0) is 27.4 Å². The lowest BCUT2D eigenvalue weighted by atomic mass is 10.2. The molecule has 0 amide bonds. The number of rotatable bonds is 7. The van der Waals surface area contributed by atoms with Crippen molar-refractivity contribution in [3.63, 3.8) is 0 Å². The second kappa shape index (κ2) is 8.36. The van der Waals surface area contributed by atoms with Crippen molar-refractivity contribution in [2.24, 2.45) is 5.73 Å². The second-order valence-corrected chi connectivity index (χ2v) is 7.59. The Morgan fingerprint density at radius 3 is 2.96 bits per heavy atom. The monoisotopic (exact) mass is 485 g/mol. The zero-order chi connectivity index (χ0) is 21.4. The van der Waals surface area contributed by atoms with Crippen LogP contribution in [0.1, 0.15) is 13.4 Å². The van der Waals surface area contributed by atoms with E-state index in [1.165, 1.54) is 17.4 Å². The maximum Gasteiger partial charge on any atom is 0.522 e. The van der Waals surface area contributed by atoms with E-state index in [1.807, 2.05) is 0 Å². The van der Waals surface area contributed by atoms with E-state index >= 15 is 0 Å². The summed E-state index contributed by atoms with van der Waals surface area (Å²) in [6.07, 6.45) is -4.84. The number of halogens is 5. The van der Waals surface area contributed by atoms with Crippen molar-refractivity contribution in [1.82, 2.24) is 4.98 Å². The van der Waals surface area contributed by atoms with Gasteiger partial charge >= 0.3 is 6.36 Å². The molecule has 0 aliphatic carbocycles. The molecule has 3 N–H and O–H groups in total. The van der Waals surface area contributed by atoms with Gasteiger partial charge in [0.2, 0.25) is 0 Å². The lowest BCUT2D eigenvalue weighted by molar-refractivity contribution is -0.325. The van der Waals surface area contributed by atoms with Crippen molar-refractivity contribution in [2.45, 2.75) is 25.3 Å². The topological polar surface area (TPSA) is 73.3 Å².